The van der Waals surface area contributed by atoms with E-state index in [1.807, 2.05) is 18.7 Å². The molecule has 2 unspecified atom stereocenters. The molecule has 0 amide bonds. The van der Waals surface area contributed by atoms with Crippen molar-refractivity contribution in [3.05, 3.63) is 16.4 Å². The maximum Gasteiger partial charge on any atom is 0.0847 e. The second-order valence-electron chi connectivity index (χ2n) is 4.92. The molecule has 1 aromatic heterocycles. The third-order valence-electron chi connectivity index (χ3n) is 3.49. The van der Waals surface area contributed by atoms with E-state index in [1.54, 1.807) is 7.11 Å². The number of hydrogen-bond acceptors (Lipinski definition) is 3. The number of aryl methyl sites for hydroxylation is 2. The fraction of sp³-hybridized carbons (Fsp3) is 0.786. The Morgan fingerprint density at radius 2 is 2.11 bits per heavy atom. The highest BCUT2D eigenvalue weighted by Crippen LogP contribution is 2.22. The van der Waals surface area contributed by atoms with E-state index in [0.29, 0.717) is 0 Å². The first-order valence-corrected chi connectivity index (χ1v) is 7.37. The Kier molecular flexibility index (Phi) is 6.83. The van der Waals surface area contributed by atoms with Crippen LogP contribution in [0.5, 0.6) is 0 Å². The van der Waals surface area contributed by atoms with E-state index in [4.69, 9.17) is 16.3 Å². The van der Waals surface area contributed by atoms with Gasteiger partial charge in [0, 0.05) is 26.6 Å². The summed E-state index contributed by atoms with van der Waals surface area (Å²) in [7, 11) is 3.71. The van der Waals surface area contributed by atoms with Crippen LogP contribution in [0.4, 0.5) is 0 Å². The van der Waals surface area contributed by atoms with Gasteiger partial charge in [0.25, 0.3) is 0 Å². The van der Waals surface area contributed by atoms with Crippen LogP contribution in [-0.2, 0) is 18.2 Å². The summed E-state index contributed by atoms with van der Waals surface area (Å²) in [6, 6.07) is 0.266. The molecular formula is C14H26ClN3O. The average molecular weight is 288 g/mol. The van der Waals surface area contributed by atoms with Gasteiger partial charge in [-0.3, -0.25) is 4.68 Å². The van der Waals surface area contributed by atoms with Gasteiger partial charge in [0.15, 0.2) is 0 Å². The Hall–Kier alpha value is -0.580. The molecule has 0 spiro atoms. The topological polar surface area (TPSA) is 39.1 Å². The summed E-state index contributed by atoms with van der Waals surface area (Å²) < 4.78 is 7.46. The average Bonchev–Trinajstić information content (AvgIpc) is 2.63. The van der Waals surface area contributed by atoms with Gasteiger partial charge in [-0.2, -0.15) is 5.10 Å². The Bertz CT molecular complexity index is 388. The molecule has 0 aliphatic rings. The van der Waals surface area contributed by atoms with Gasteiger partial charge in [0.2, 0.25) is 0 Å². The molecule has 1 N–H and O–H groups in total. The van der Waals surface area contributed by atoms with Gasteiger partial charge in [-0.25, -0.2) is 0 Å². The molecule has 110 valence electrons. The largest absolute Gasteiger partial charge is 0.380 e. The van der Waals surface area contributed by atoms with E-state index in [1.165, 1.54) is 0 Å². The minimum absolute atomic E-state index is 0.192. The fourth-order valence-electron chi connectivity index (χ4n) is 2.39. The molecule has 0 bridgehead atoms. The third-order valence-corrected chi connectivity index (χ3v) is 3.98. The molecule has 0 saturated heterocycles. The lowest BCUT2D eigenvalue weighted by Gasteiger charge is -2.26. The zero-order chi connectivity index (χ0) is 14.4. The summed E-state index contributed by atoms with van der Waals surface area (Å²) in [5.74, 6) is 0. The molecule has 0 fully saturated rings. The highest BCUT2D eigenvalue weighted by molar-refractivity contribution is 6.31. The zero-order valence-corrected chi connectivity index (χ0v) is 13.4. The number of methoxy groups -OCH3 is 1. The monoisotopic (exact) mass is 287 g/mol. The minimum Gasteiger partial charge on any atom is -0.380 e. The summed E-state index contributed by atoms with van der Waals surface area (Å²) in [5.41, 5.74) is 1.96. The lowest BCUT2D eigenvalue weighted by molar-refractivity contribution is 0.0648. The number of halogens is 1. The van der Waals surface area contributed by atoms with Crippen LogP contribution in [0.2, 0.25) is 5.02 Å². The van der Waals surface area contributed by atoms with Crippen LogP contribution in [0, 0.1) is 6.92 Å². The minimum atomic E-state index is 0.192. The summed E-state index contributed by atoms with van der Waals surface area (Å²) >= 11 is 6.33. The first-order valence-electron chi connectivity index (χ1n) is 6.99. The van der Waals surface area contributed by atoms with Crippen LogP contribution in [0.1, 0.15) is 38.1 Å². The third kappa shape index (κ3) is 4.20. The molecule has 4 nitrogen and oxygen atoms in total. The van der Waals surface area contributed by atoms with Crippen LogP contribution in [0.3, 0.4) is 0 Å². The number of aromatic nitrogens is 2. The van der Waals surface area contributed by atoms with Gasteiger partial charge in [-0.05, 0) is 26.3 Å². The predicted octanol–water partition coefficient (Wildman–Crippen LogP) is 2.72. The lowest BCUT2D eigenvalue weighted by atomic mass is 10.0. The van der Waals surface area contributed by atoms with E-state index >= 15 is 0 Å². The van der Waals surface area contributed by atoms with Crippen LogP contribution >= 0.6 is 11.6 Å². The highest BCUT2D eigenvalue weighted by atomic mass is 35.5. The number of rotatable bonds is 8. The maximum absolute atomic E-state index is 6.33. The van der Waals surface area contributed by atoms with Crippen molar-refractivity contribution in [3.63, 3.8) is 0 Å². The van der Waals surface area contributed by atoms with Gasteiger partial charge in [0.05, 0.1) is 22.5 Å². The molecular weight excluding hydrogens is 262 g/mol. The number of nitrogens with zero attached hydrogens (tertiary/aromatic N) is 2. The number of nitrogens with one attached hydrogen (secondary N) is 1. The molecule has 0 aliphatic heterocycles. The van der Waals surface area contributed by atoms with Crippen LogP contribution < -0.4 is 5.32 Å². The van der Waals surface area contributed by atoms with Gasteiger partial charge < -0.3 is 10.1 Å². The Morgan fingerprint density at radius 3 is 2.53 bits per heavy atom. The smallest absolute Gasteiger partial charge is 0.0847 e. The summed E-state index contributed by atoms with van der Waals surface area (Å²) in [4.78, 5) is 0. The number of ether oxygens (including phenoxy) is 1. The van der Waals surface area contributed by atoms with E-state index in [2.05, 4.69) is 24.3 Å². The van der Waals surface area contributed by atoms with E-state index < -0.39 is 0 Å². The van der Waals surface area contributed by atoms with Crippen molar-refractivity contribution in [1.29, 1.82) is 0 Å². The van der Waals surface area contributed by atoms with Gasteiger partial charge in [-0.15, -0.1) is 0 Å². The maximum atomic E-state index is 6.33. The predicted molar refractivity (Wildman–Crippen MR) is 79.8 cm³/mol. The van der Waals surface area contributed by atoms with Crippen LogP contribution in [0.25, 0.3) is 0 Å². The van der Waals surface area contributed by atoms with Crippen LogP contribution in [-0.4, -0.2) is 35.6 Å². The Morgan fingerprint density at radius 1 is 1.42 bits per heavy atom. The summed E-state index contributed by atoms with van der Waals surface area (Å²) in [5, 5.41) is 8.70. The second kappa shape index (κ2) is 7.88. The molecule has 0 aromatic carbocycles. The van der Waals surface area contributed by atoms with Crippen LogP contribution in [0.15, 0.2) is 0 Å². The van der Waals surface area contributed by atoms with Gasteiger partial charge in [-0.1, -0.05) is 25.4 Å². The molecule has 1 heterocycles. The molecule has 5 heteroatoms. The highest BCUT2D eigenvalue weighted by Gasteiger charge is 2.23. The molecule has 1 rings (SSSR count). The molecule has 0 saturated carbocycles. The van der Waals surface area contributed by atoms with Crippen molar-refractivity contribution in [2.75, 3.05) is 13.7 Å². The molecule has 1 aromatic rings. The summed E-state index contributed by atoms with van der Waals surface area (Å²) in [6.07, 6.45) is 3.11. The normalized spacial score (nSPS) is 14.6. The molecule has 0 aliphatic carbocycles. The zero-order valence-electron chi connectivity index (χ0n) is 12.7. The first-order chi connectivity index (χ1) is 9.04. The number of hydrogen-bond donors (Lipinski definition) is 1. The van der Waals surface area contributed by atoms with Crippen molar-refractivity contribution >= 4 is 11.6 Å². The van der Waals surface area contributed by atoms with E-state index in [0.717, 1.165) is 42.2 Å². The molecule has 19 heavy (non-hydrogen) atoms. The van der Waals surface area contributed by atoms with E-state index in [-0.39, 0.29) is 12.1 Å². The fourth-order valence-corrected chi connectivity index (χ4v) is 2.63. The Labute approximate surface area is 121 Å². The van der Waals surface area contributed by atoms with Gasteiger partial charge in [0.1, 0.15) is 0 Å². The lowest BCUT2D eigenvalue weighted by Crippen LogP contribution is -2.43. The molecule has 2 atom stereocenters. The van der Waals surface area contributed by atoms with Crippen molar-refractivity contribution in [3.8, 4) is 0 Å². The van der Waals surface area contributed by atoms with Crippen molar-refractivity contribution in [1.82, 2.24) is 15.1 Å². The SMILES string of the molecule is CCCNC(Cc1c(Cl)c(C)nn1C)C(CC)OC. The van der Waals surface area contributed by atoms with Crippen molar-refractivity contribution < 1.29 is 4.74 Å². The molecule has 0 radical (unpaired) electrons. The van der Waals surface area contributed by atoms with Crippen molar-refractivity contribution in [2.45, 2.75) is 52.2 Å². The van der Waals surface area contributed by atoms with Crippen molar-refractivity contribution in [2.24, 2.45) is 7.05 Å². The van der Waals surface area contributed by atoms with Gasteiger partial charge >= 0.3 is 0 Å². The quantitative estimate of drug-likeness (QED) is 0.799. The second-order valence-corrected chi connectivity index (χ2v) is 5.29. The Balaban J connectivity index is 2.86. The standard InChI is InChI=1S/C14H26ClN3O/c1-6-8-16-11(13(7-2)19-5)9-12-14(15)10(3)17-18(12)4/h11,13,16H,6-9H2,1-5H3. The first kappa shape index (κ1) is 16.5. The summed E-state index contributed by atoms with van der Waals surface area (Å²) in [6.45, 7) is 7.23. The van der Waals surface area contributed by atoms with E-state index in [9.17, 15) is 0 Å².